The predicted octanol–water partition coefficient (Wildman–Crippen LogP) is 3.15. The van der Waals surface area contributed by atoms with Crippen molar-refractivity contribution in [2.24, 2.45) is 11.1 Å². The molecular formula is C14H15NO2S. The van der Waals surface area contributed by atoms with Gasteiger partial charge in [-0.05, 0) is 31.9 Å². The molecule has 3 rings (SSSR count). The number of carbonyl (C=O) groups is 1. The fraction of sp³-hybridized carbons (Fsp3) is 0.429. The number of oxime groups is 1. The van der Waals surface area contributed by atoms with Gasteiger partial charge in [-0.1, -0.05) is 16.8 Å². The molecule has 94 valence electrons. The molecule has 0 radical (unpaired) electrons. The lowest BCUT2D eigenvalue weighted by Crippen LogP contribution is -2.12. The average Bonchev–Trinajstić information content (AvgIpc) is 3.20. The number of hydrogen-bond acceptors (Lipinski definition) is 4. The highest BCUT2D eigenvalue weighted by Gasteiger charge is 2.32. The van der Waals surface area contributed by atoms with Gasteiger partial charge in [0.25, 0.3) is 0 Å². The molecule has 1 aromatic rings. The number of aryl methyl sites for hydroxylation is 1. The van der Waals surface area contributed by atoms with Crippen LogP contribution in [0.1, 0.15) is 30.4 Å². The van der Waals surface area contributed by atoms with Crippen LogP contribution in [0, 0.1) is 12.8 Å². The quantitative estimate of drug-likeness (QED) is 0.606. The average molecular weight is 261 g/mol. The SMILES string of the molecule is Cc1ccc2c(c1)C(=NOC(=O)C1CC1)CCS2. The number of nitrogens with zero attached hydrogens (tertiary/aromatic N) is 1. The Morgan fingerprint density at radius 1 is 1.44 bits per heavy atom. The van der Waals surface area contributed by atoms with Crippen molar-refractivity contribution in [1.29, 1.82) is 0 Å². The van der Waals surface area contributed by atoms with Gasteiger partial charge in [-0.3, -0.25) is 0 Å². The maximum atomic E-state index is 11.5. The topological polar surface area (TPSA) is 38.7 Å². The molecule has 18 heavy (non-hydrogen) atoms. The zero-order chi connectivity index (χ0) is 12.5. The van der Waals surface area contributed by atoms with E-state index in [1.165, 1.54) is 10.5 Å². The second kappa shape index (κ2) is 4.76. The van der Waals surface area contributed by atoms with Crippen molar-refractivity contribution < 1.29 is 9.63 Å². The van der Waals surface area contributed by atoms with E-state index in [2.05, 4.69) is 30.3 Å². The third kappa shape index (κ3) is 2.43. The molecule has 1 aromatic carbocycles. The Balaban J connectivity index is 1.83. The Bertz CT molecular complexity index is 521. The lowest BCUT2D eigenvalue weighted by molar-refractivity contribution is -0.145. The van der Waals surface area contributed by atoms with Gasteiger partial charge in [-0.15, -0.1) is 11.8 Å². The maximum Gasteiger partial charge on any atom is 0.338 e. The van der Waals surface area contributed by atoms with Gasteiger partial charge < -0.3 is 4.84 Å². The summed E-state index contributed by atoms with van der Waals surface area (Å²) in [5, 5.41) is 4.08. The summed E-state index contributed by atoms with van der Waals surface area (Å²) in [6.07, 6.45) is 2.77. The van der Waals surface area contributed by atoms with Crippen LogP contribution in [0.3, 0.4) is 0 Å². The summed E-state index contributed by atoms with van der Waals surface area (Å²) in [5.41, 5.74) is 3.23. The van der Waals surface area contributed by atoms with Crippen LogP contribution in [-0.4, -0.2) is 17.4 Å². The number of rotatable bonds is 2. The highest BCUT2D eigenvalue weighted by atomic mass is 32.2. The van der Waals surface area contributed by atoms with Crippen molar-refractivity contribution in [2.75, 3.05) is 5.75 Å². The van der Waals surface area contributed by atoms with Gasteiger partial charge in [0.2, 0.25) is 0 Å². The molecule has 1 aliphatic carbocycles. The molecule has 3 nitrogen and oxygen atoms in total. The van der Waals surface area contributed by atoms with Crippen LogP contribution in [0.2, 0.25) is 0 Å². The summed E-state index contributed by atoms with van der Waals surface area (Å²) in [6, 6.07) is 6.34. The normalized spacial score (nSPS) is 20.6. The van der Waals surface area contributed by atoms with Gasteiger partial charge in [0, 0.05) is 22.6 Å². The second-order valence-electron chi connectivity index (χ2n) is 4.82. The zero-order valence-electron chi connectivity index (χ0n) is 10.3. The molecular weight excluding hydrogens is 246 g/mol. The summed E-state index contributed by atoms with van der Waals surface area (Å²) >= 11 is 1.83. The summed E-state index contributed by atoms with van der Waals surface area (Å²) in [6.45, 7) is 2.06. The third-order valence-electron chi connectivity index (χ3n) is 3.20. The van der Waals surface area contributed by atoms with Crippen molar-refractivity contribution >= 4 is 23.4 Å². The molecule has 0 spiro atoms. The third-order valence-corrected chi connectivity index (χ3v) is 4.27. The molecule has 1 saturated carbocycles. The standard InChI is InChI=1S/C14H15NO2S/c1-9-2-5-13-11(8-9)12(6-7-18-13)15-17-14(16)10-3-4-10/h2,5,8,10H,3-4,6-7H2,1H3. The van der Waals surface area contributed by atoms with Crippen molar-refractivity contribution in [3.63, 3.8) is 0 Å². The van der Waals surface area contributed by atoms with Gasteiger partial charge in [0.15, 0.2) is 0 Å². The van der Waals surface area contributed by atoms with Crippen LogP contribution in [-0.2, 0) is 9.63 Å². The van der Waals surface area contributed by atoms with Crippen LogP contribution in [0.25, 0.3) is 0 Å². The molecule has 0 unspecified atom stereocenters. The first kappa shape index (κ1) is 11.8. The molecule has 1 heterocycles. The van der Waals surface area contributed by atoms with Gasteiger partial charge in [0.1, 0.15) is 0 Å². The molecule has 0 atom stereocenters. The summed E-state index contributed by atoms with van der Waals surface area (Å²) in [7, 11) is 0. The van der Waals surface area contributed by atoms with Gasteiger partial charge >= 0.3 is 5.97 Å². The van der Waals surface area contributed by atoms with Crippen LogP contribution in [0.4, 0.5) is 0 Å². The van der Waals surface area contributed by atoms with Crippen molar-refractivity contribution in [3.8, 4) is 0 Å². The van der Waals surface area contributed by atoms with Crippen LogP contribution in [0.5, 0.6) is 0 Å². The fourth-order valence-corrected chi connectivity index (χ4v) is 2.99. The number of fused-ring (bicyclic) bond motifs is 1. The molecule has 4 heteroatoms. The fourth-order valence-electron chi connectivity index (χ4n) is 1.98. The van der Waals surface area contributed by atoms with Gasteiger partial charge in [-0.25, -0.2) is 4.79 Å². The summed E-state index contributed by atoms with van der Waals surface area (Å²) in [4.78, 5) is 17.8. The molecule has 0 aromatic heterocycles. The monoisotopic (exact) mass is 261 g/mol. The largest absolute Gasteiger partial charge is 0.338 e. The maximum absolute atomic E-state index is 11.5. The van der Waals surface area contributed by atoms with Crippen molar-refractivity contribution in [2.45, 2.75) is 31.1 Å². The van der Waals surface area contributed by atoms with E-state index < -0.39 is 0 Å². The van der Waals surface area contributed by atoms with E-state index in [1.807, 2.05) is 11.8 Å². The smallest absolute Gasteiger partial charge is 0.318 e. The minimum Gasteiger partial charge on any atom is -0.318 e. The Hall–Kier alpha value is -1.29. The Morgan fingerprint density at radius 3 is 3.06 bits per heavy atom. The Morgan fingerprint density at radius 2 is 2.28 bits per heavy atom. The van der Waals surface area contributed by atoms with Crippen LogP contribution >= 0.6 is 11.8 Å². The first-order chi connectivity index (χ1) is 8.74. The zero-order valence-corrected chi connectivity index (χ0v) is 11.1. The van der Waals surface area contributed by atoms with E-state index in [0.29, 0.717) is 0 Å². The minimum absolute atomic E-state index is 0.101. The van der Waals surface area contributed by atoms with E-state index in [0.717, 1.165) is 36.3 Å². The first-order valence-corrected chi connectivity index (χ1v) is 7.24. The lowest BCUT2D eigenvalue weighted by Gasteiger charge is -2.17. The minimum atomic E-state index is -0.171. The number of hydrogen-bond donors (Lipinski definition) is 0. The highest BCUT2D eigenvalue weighted by Crippen LogP contribution is 2.32. The summed E-state index contributed by atoms with van der Waals surface area (Å²) in [5.74, 6) is 0.926. The van der Waals surface area contributed by atoms with E-state index in [9.17, 15) is 4.79 Å². The van der Waals surface area contributed by atoms with Gasteiger partial charge in [0.05, 0.1) is 11.6 Å². The van der Waals surface area contributed by atoms with Crippen LogP contribution < -0.4 is 0 Å². The Kier molecular flexibility index (Phi) is 3.12. The molecule has 1 aliphatic heterocycles. The molecule has 0 saturated heterocycles. The number of benzene rings is 1. The highest BCUT2D eigenvalue weighted by molar-refractivity contribution is 7.99. The Labute approximate surface area is 111 Å². The van der Waals surface area contributed by atoms with Gasteiger partial charge in [-0.2, -0.15) is 0 Å². The van der Waals surface area contributed by atoms with E-state index in [1.54, 1.807) is 0 Å². The van der Waals surface area contributed by atoms with Crippen LogP contribution in [0.15, 0.2) is 28.3 Å². The molecule has 2 aliphatic rings. The predicted molar refractivity (Wildman–Crippen MR) is 71.9 cm³/mol. The molecule has 0 amide bonds. The molecule has 1 fully saturated rings. The van der Waals surface area contributed by atoms with E-state index >= 15 is 0 Å². The lowest BCUT2D eigenvalue weighted by atomic mass is 10.1. The van der Waals surface area contributed by atoms with Crippen molar-refractivity contribution in [3.05, 3.63) is 29.3 Å². The second-order valence-corrected chi connectivity index (χ2v) is 5.96. The number of thioether (sulfide) groups is 1. The summed E-state index contributed by atoms with van der Waals surface area (Å²) < 4.78 is 0. The first-order valence-electron chi connectivity index (χ1n) is 6.25. The van der Waals surface area contributed by atoms with Crippen molar-refractivity contribution in [1.82, 2.24) is 0 Å². The number of carbonyl (C=O) groups excluding carboxylic acids is 1. The van der Waals surface area contributed by atoms with E-state index in [-0.39, 0.29) is 11.9 Å². The molecule has 0 N–H and O–H groups in total. The molecule has 0 bridgehead atoms. The van der Waals surface area contributed by atoms with E-state index in [4.69, 9.17) is 4.84 Å².